The van der Waals surface area contributed by atoms with Crippen molar-refractivity contribution in [2.45, 2.75) is 77.0 Å². The lowest BCUT2D eigenvalue weighted by molar-refractivity contribution is 0.302. The molecular formula is C28H31F2N. The van der Waals surface area contributed by atoms with E-state index in [0.717, 1.165) is 35.5 Å². The van der Waals surface area contributed by atoms with Gasteiger partial charge in [-0.15, -0.1) is 0 Å². The van der Waals surface area contributed by atoms with E-state index < -0.39 is 5.82 Å². The van der Waals surface area contributed by atoms with Gasteiger partial charge in [0.1, 0.15) is 17.7 Å². The Morgan fingerprint density at radius 2 is 1.81 bits per heavy atom. The average Bonchev–Trinajstić information content (AvgIpc) is 2.80. The standard InChI is InChI=1S/C28H31F2N/c1-2-3-4-5-19-6-8-20(9-7-19)21-12-14-25(27(29)17-21)22-13-15-26-23(16-22)10-11-24(18-31)28(26)30/h10-12,14,16-17,19-20H,2-9,13,15H2,1H3. The first-order valence-electron chi connectivity index (χ1n) is 11.8. The predicted molar refractivity (Wildman–Crippen MR) is 123 cm³/mol. The SMILES string of the molecule is CCCCCC1CCC(c2ccc(C3=Cc4ccc(C#N)c(F)c4CC3)c(F)c2)CC1. The summed E-state index contributed by atoms with van der Waals surface area (Å²) in [5.41, 5.74) is 4.03. The van der Waals surface area contributed by atoms with Crippen molar-refractivity contribution in [2.75, 3.05) is 0 Å². The second-order valence-corrected chi connectivity index (χ2v) is 9.23. The highest BCUT2D eigenvalue weighted by molar-refractivity contribution is 5.85. The summed E-state index contributed by atoms with van der Waals surface area (Å²) in [7, 11) is 0. The number of benzene rings is 2. The molecule has 0 heterocycles. The van der Waals surface area contributed by atoms with Gasteiger partial charge in [-0.25, -0.2) is 8.78 Å². The van der Waals surface area contributed by atoms with Crippen LogP contribution in [0, 0.1) is 28.9 Å². The van der Waals surface area contributed by atoms with Crippen LogP contribution >= 0.6 is 0 Å². The molecular weight excluding hydrogens is 388 g/mol. The third kappa shape index (κ3) is 4.74. The van der Waals surface area contributed by atoms with Gasteiger partial charge in [-0.1, -0.05) is 56.9 Å². The van der Waals surface area contributed by atoms with Gasteiger partial charge >= 0.3 is 0 Å². The first-order chi connectivity index (χ1) is 15.1. The van der Waals surface area contributed by atoms with Crippen molar-refractivity contribution in [1.29, 1.82) is 5.26 Å². The van der Waals surface area contributed by atoms with E-state index in [2.05, 4.69) is 13.0 Å². The van der Waals surface area contributed by atoms with Gasteiger partial charge < -0.3 is 0 Å². The Bertz CT molecular complexity index is 1010. The van der Waals surface area contributed by atoms with Gasteiger partial charge in [-0.3, -0.25) is 0 Å². The molecule has 0 bridgehead atoms. The molecule has 0 aromatic heterocycles. The lowest BCUT2D eigenvalue weighted by atomic mass is 9.76. The Hall–Kier alpha value is -2.47. The molecule has 0 radical (unpaired) electrons. The fraction of sp³-hybridized carbons (Fsp3) is 0.464. The monoisotopic (exact) mass is 419 g/mol. The zero-order chi connectivity index (χ0) is 21.8. The lowest BCUT2D eigenvalue weighted by Crippen LogP contribution is -2.13. The molecule has 2 aromatic carbocycles. The largest absolute Gasteiger partial charge is 0.206 e. The summed E-state index contributed by atoms with van der Waals surface area (Å²) in [4.78, 5) is 0. The van der Waals surface area contributed by atoms with E-state index in [4.69, 9.17) is 5.26 Å². The number of allylic oxidation sites excluding steroid dienone is 1. The minimum absolute atomic E-state index is 0.0752. The maximum absolute atomic E-state index is 15.1. The van der Waals surface area contributed by atoms with Crippen molar-refractivity contribution < 1.29 is 8.78 Å². The normalized spacial score (nSPS) is 20.6. The van der Waals surface area contributed by atoms with Crippen LogP contribution in [-0.4, -0.2) is 0 Å². The van der Waals surface area contributed by atoms with Crippen molar-refractivity contribution in [2.24, 2.45) is 5.92 Å². The van der Waals surface area contributed by atoms with Crippen molar-refractivity contribution in [3.8, 4) is 6.07 Å². The van der Waals surface area contributed by atoms with Crippen LogP contribution in [0.25, 0.3) is 11.6 Å². The summed E-state index contributed by atoms with van der Waals surface area (Å²) in [5.74, 6) is 0.703. The number of unbranched alkanes of at least 4 members (excludes halogenated alkanes) is 2. The zero-order valence-corrected chi connectivity index (χ0v) is 18.4. The van der Waals surface area contributed by atoms with Crippen molar-refractivity contribution in [3.63, 3.8) is 0 Å². The summed E-state index contributed by atoms with van der Waals surface area (Å²) in [6.07, 6.45) is 13.1. The van der Waals surface area contributed by atoms with Crippen LogP contribution in [0.3, 0.4) is 0 Å². The second kappa shape index (κ2) is 9.77. The van der Waals surface area contributed by atoms with E-state index >= 15 is 4.39 Å². The van der Waals surface area contributed by atoms with Crippen LogP contribution in [0.15, 0.2) is 30.3 Å². The second-order valence-electron chi connectivity index (χ2n) is 9.23. The van der Waals surface area contributed by atoms with Gasteiger partial charge in [0.15, 0.2) is 0 Å². The Kier molecular flexibility index (Phi) is 6.86. The van der Waals surface area contributed by atoms with Crippen molar-refractivity contribution >= 4 is 11.6 Å². The molecule has 0 atom stereocenters. The number of nitriles is 1. The highest BCUT2D eigenvalue weighted by Gasteiger charge is 2.24. The maximum Gasteiger partial charge on any atom is 0.144 e. The minimum Gasteiger partial charge on any atom is -0.206 e. The summed E-state index contributed by atoms with van der Waals surface area (Å²) in [5, 5.41) is 9.03. The molecule has 0 saturated heterocycles. The molecule has 0 unspecified atom stereocenters. The van der Waals surface area contributed by atoms with Gasteiger partial charge in [0.2, 0.25) is 0 Å². The Morgan fingerprint density at radius 1 is 1.00 bits per heavy atom. The van der Waals surface area contributed by atoms with E-state index in [-0.39, 0.29) is 11.4 Å². The first kappa shape index (κ1) is 21.8. The average molecular weight is 420 g/mol. The van der Waals surface area contributed by atoms with E-state index in [1.165, 1.54) is 44.6 Å². The molecule has 2 aromatic rings. The molecule has 2 aliphatic rings. The van der Waals surface area contributed by atoms with Crippen LogP contribution in [0.2, 0.25) is 0 Å². The van der Waals surface area contributed by atoms with Crippen molar-refractivity contribution in [3.05, 3.63) is 69.8 Å². The van der Waals surface area contributed by atoms with E-state index in [9.17, 15) is 4.39 Å². The third-order valence-electron chi connectivity index (χ3n) is 7.25. The maximum atomic E-state index is 15.1. The number of hydrogen-bond donors (Lipinski definition) is 0. The van der Waals surface area contributed by atoms with E-state index in [0.29, 0.717) is 29.9 Å². The molecule has 0 aliphatic heterocycles. The van der Waals surface area contributed by atoms with Gasteiger partial charge in [-0.2, -0.15) is 5.26 Å². The van der Waals surface area contributed by atoms with Gasteiger partial charge in [0.25, 0.3) is 0 Å². The smallest absolute Gasteiger partial charge is 0.144 e. The molecule has 2 aliphatic carbocycles. The first-order valence-corrected chi connectivity index (χ1v) is 11.8. The summed E-state index contributed by atoms with van der Waals surface area (Å²) >= 11 is 0. The number of fused-ring (bicyclic) bond motifs is 1. The van der Waals surface area contributed by atoms with Gasteiger partial charge in [0.05, 0.1) is 5.56 Å². The van der Waals surface area contributed by atoms with Crippen LogP contribution in [-0.2, 0) is 6.42 Å². The van der Waals surface area contributed by atoms with Crippen molar-refractivity contribution in [1.82, 2.24) is 0 Å². The molecule has 162 valence electrons. The van der Waals surface area contributed by atoms with E-state index in [1.807, 2.05) is 18.2 Å². The molecule has 1 fully saturated rings. The molecule has 0 spiro atoms. The van der Waals surface area contributed by atoms with Crippen LogP contribution in [0.1, 0.15) is 98.4 Å². The minimum atomic E-state index is -0.434. The summed E-state index contributed by atoms with van der Waals surface area (Å²) in [6.45, 7) is 2.25. The van der Waals surface area contributed by atoms with Crippen LogP contribution in [0.4, 0.5) is 8.78 Å². The number of halogens is 2. The highest BCUT2D eigenvalue weighted by atomic mass is 19.1. The molecule has 1 nitrogen and oxygen atoms in total. The molecule has 3 heteroatoms. The predicted octanol–water partition coefficient (Wildman–Crippen LogP) is 8.18. The highest BCUT2D eigenvalue weighted by Crippen LogP contribution is 2.39. The topological polar surface area (TPSA) is 23.8 Å². The Morgan fingerprint density at radius 3 is 2.52 bits per heavy atom. The third-order valence-corrected chi connectivity index (χ3v) is 7.25. The molecule has 0 N–H and O–H groups in total. The number of hydrogen-bond acceptors (Lipinski definition) is 1. The Balaban J connectivity index is 1.46. The molecule has 1 saturated carbocycles. The Labute approximate surface area is 184 Å². The van der Waals surface area contributed by atoms with E-state index in [1.54, 1.807) is 12.1 Å². The quantitative estimate of drug-likeness (QED) is 0.433. The molecule has 31 heavy (non-hydrogen) atoms. The van der Waals surface area contributed by atoms with Gasteiger partial charge in [-0.05, 0) is 84.8 Å². The lowest BCUT2D eigenvalue weighted by Gasteiger charge is -2.29. The molecule has 0 amide bonds. The summed E-state index contributed by atoms with van der Waals surface area (Å²) < 4.78 is 29.5. The van der Waals surface area contributed by atoms with Gasteiger partial charge in [0, 0.05) is 5.56 Å². The van der Waals surface area contributed by atoms with Crippen LogP contribution < -0.4 is 0 Å². The van der Waals surface area contributed by atoms with Crippen LogP contribution in [0.5, 0.6) is 0 Å². The fourth-order valence-corrected chi connectivity index (χ4v) is 5.36. The summed E-state index contributed by atoms with van der Waals surface area (Å²) in [6, 6.07) is 10.9. The number of nitrogens with zero attached hydrogens (tertiary/aromatic N) is 1. The molecule has 4 rings (SSSR count). The fourth-order valence-electron chi connectivity index (χ4n) is 5.36. The number of rotatable bonds is 6. The zero-order valence-electron chi connectivity index (χ0n) is 18.4.